The van der Waals surface area contributed by atoms with Gasteiger partial charge in [-0.1, -0.05) is 42.2 Å². The van der Waals surface area contributed by atoms with Gasteiger partial charge in [-0.2, -0.15) is 5.10 Å². The van der Waals surface area contributed by atoms with E-state index < -0.39 is 24.2 Å². The van der Waals surface area contributed by atoms with Crippen molar-refractivity contribution in [1.82, 2.24) is 9.78 Å². The third-order valence-corrected chi connectivity index (χ3v) is 5.69. The molecule has 8 nitrogen and oxygen atoms in total. The number of hydrogen-bond acceptors (Lipinski definition) is 4. The number of para-hydroxylation sites is 1. The van der Waals surface area contributed by atoms with Crippen molar-refractivity contribution in [1.29, 1.82) is 0 Å². The molecule has 4 N–H and O–H groups in total. The standard InChI is InChI=1S/C27H24N2O4.C5H6F2N2/c1-27(2,3)15-14-17-8-10-18(11-9-17)20-6-4-5-7-23(20)29-25(31)21-13-12-19(26(32)33)16-22(21)24(28)30;1-9-3-2-4(8-9)5(6)7/h4-13,16H,1-3H3,(H2,28,30)(H,29,31)(H,32,33);2-3,5H,1H3. The van der Waals surface area contributed by atoms with Crippen molar-refractivity contribution in [2.24, 2.45) is 18.2 Å². The molecule has 0 aliphatic rings. The number of benzene rings is 3. The van der Waals surface area contributed by atoms with E-state index in [0.29, 0.717) is 5.69 Å². The Bertz CT molecular complexity index is 1660. The van der Waals surface area contributed by atoms with Crippen LogP contribution >= 0.6 is 0 Å². The number of nitrogens with two attached hydrogens (primary N) is 1. The third-order valence-electron chi connectivity index (χ3n) is 5.69. The largest absolute Gasteiger partial charge is 0.478 e. The van der Waals surface area contributed by atoms with Gasteiger partial charge in [0.25, 0.3) is 12.3 Å². The first-order chi connectivity index (χ1) is 19.7. The molecule has 42 heavy (non-hydrogen) atoms. The molecular formula is C32H30F2N4O4. The van der Waals surface area contributed by atoms with Gasteiger partial charge >= 0.3 is 5.97 Å². The van der Waals surface area contributed by atoms with Crippen LogP contribution in [0, 0.1) is 17.3 Å². The van der Waals surface area contributed by atoms with Crippen molar-refractivity contribution in [3.8, 4) is 23.0 Å². The molecule has 0 fully saturated rings. The monoisotopic (exact) mass is 572 g/mol. The first-order valence-corrected chi connectivity index (χ1v) is 12.7. The van der Waals surface area contributed by atoms with E-state index in [1.165, 1.54) is 29.1 Å². The summed E-state index contributed by atoms with van der Waals surface area (Å²) in [5.74, 6) is 3.68. The lowest BCUT2D eigenvalue weighted by Gasteiger charge is -2.13. The van der Waals surface area contributed by atoms with Gasteiger partial charge in [0.1, 0.15) is 5.69 Å². The molecule has 0 atom stereocenters. The van der Waals surface area contributed by atoms with E-state index in [1.807, 2.05) is 57.2 Å². The number of aromatic carboxylic acids is 1. The number of aromatic nitrogens is 2. The zero-order chi connectivity index (χ0) is 31.0. The fourth-order valence-electron chi connectivity index (χ4n) is 3.65. The molecule has 3 aromatic carbocycles. The molecule has 1 aromatic heterocycles. The van der Waals surface area contributed by atoms with Crippen LogP contribution in [0.3, 0.4) is 0 Å². The zero-order valence-electron chi connectivity index (χ0n) is 23.5. The van der Waals surface area contributed by atoms with Crippen LogP contribution < -0.4 is 11.1 Å². The number of aryl methyl sites for hydroxylation is 1. The predicted molar refractivity (Wildman–Crippen MR) is 156 cm³/mol. The number of carbonyl (C=O) groups is 3. The van der Waals surface area contributed by atoms with Gasteiger partial charge in [-0.05, 0) is 68.8 Å². The topological polar surface area (TPSA) is 127 Å². The first kappa shape index (κ1) is 31.2. The minimum atomic E-state index is -2.45. The fourth-order valence-corrected chi connectivity index (χ4v) is 3.65. The van der Waals surface area contributed by atoms with Crippen LogP contribution in [0.2, 0.25) is 0 Å². The number of hydrogen-bond donors (Lipinski definition) is 3. The lowest BCUT2D eigenvalue weighted by atomic mass is 9.97. The van der Waals surface area contributed by atoms with Gasteiger partial charge in [-0.3, -0.25) is 14.3 Å². The molecule has 0 radical (unpaired) electrons. The van der Waals surface area contributed by atoms with Crippen LogP contribution in [-0.2, 0) is 7.05 Å². The van der Waals surface area contributed by atoms with E-state index >= 15 is 0 Å². The van der Waals surface area contributed by atoms with E-state index in [1.54, 1.807) is 19.2 Å². The molecule has 0 aliphatic carbocycles. The molecule has 2 amide bonds. The zero-order valence-corrected chi connectivity index (χ0v) is 23.5. The Morgan fingerprint density at radius 3 is 2.17 bits per heavy atom. The van der Waals surface area contributed by atoms with Gasteiger partial charge in [-0.15, -0.1) is 0 Å². The van der Waals surface area contributed by atoms with E-state index in [0.717, 1.165) is 22.8 Å². The molecule has 0 unspecified atom stereocenters. The van der Waals surface area contributed by atoms with Gasteiger partial charge < -0.3 is 16.2 Å². The Morgan fingerprint density at radius 1 is 0.976 bits per heavy atom. The summed E-state index contributed by atoms with van der Waals surface area (Å²) < 4.78 is 24.8. The number of rotatable bonds is 6. The molecule has 4 rings (SSSR count). The van der Waals surface area contributed by atoms with E-state index in [9.17, 15) is 23.2 Å². The number of nitrogens with one attached hydrogen (secondary N) is 1. The lowest BCUT2D eigenvalue weighted by molar-refractivity contribution is 0.0696. The number of primary amides is 1. The third kappa shape index (κ3) is 8.60. The van der Waals surface area contributed by atoms with E-state index in [4.69, 9.17) is 10.8 Å². The molecule has 4 aromatic rings. The molecule has 1 heterocycles. The number of amides is 2. The summed E-state index contributed by atoms with van der Waals surface area (Å²) in [5.41, 5.74) is 7.90. The molecule has 0 saturated heterocycles. The predicted octanol–water partition coefficient (Wildman–Crippen LogP) is 6.16. The maximum Gasteiger partial charge on any atom is 0.335 e. The molecule has 0 bridgehead atoms. The maximum atomic E-state index is 13.0. The SMILES string of the molecule is CC(C)(C)C#Cc1ccc(-c2ccccc2NC(=O)c2ccc(C(=O)O)cc2C(N)=O)cc1.Cn1ccc(C(F)F)n1. The van der Waals surface area contributed by atoms with Crippen LogP contribution in [0.5, 0.6) is 0 Å². The maximum absolute atomic E-state index is 13.0. The first-order valence-electron chi connectivity index (χ1n) is 12.7. The number of nitrogens with zero attached hydrogens (tertiary/aromatic N) is 2. The highest BCUT2D eigenvalue weighted by Gasteiger charge is 2.19. The van der Waals surface area contributed by atoms with Crippen LogP contribution in [0.15, 0.2) is 79.0 Å². The summed E-state index contributed by atoms with van der Waals surface area (Å²) in [5, 5.41) is 15.4. The number of halogens is 2. The van der Waals surface area contributed by atoms with Gasteiger partial charge in [0.05, 0.1) is 16.7 Å². The second kappa shape index (κ2) is 13.4. The van der Waals surface area contributed by atoms with Crippen molar-refractivity contribution in [2.45, 2.75) is 27.2 Å². The number of carbonyl (C=O) groups excluding carboxylic acids is 2. The average molecular weight is 573 g/mol. The molecule has 0 aliphatic heterocycles. The average Bonchev–Trinajstić information content (AvgIpc) is 3.39. The summed E-state index contributed by atoms with van der Waals surface area (Å²) >= 11 is 0. The molecule has 0 saturated carbocycles. The molecular weight excluding hydrogens is 542 g/mol. The summed E-state index contributed by atoms with van der Waals surface area (Å²) in [6.45, 7) is 6.14. The molecule has 216 valence electrons. The summed E-state index contributed by atoms with van der Waals surface area (Å²) in [6, 6.07) is 19.9. The number of alkyl halides is 2. The summed E-state index contributed by atoms with van der Waals surface area (Å²) in [6.07, 6.45) is -0.965. The summed E-state index contributed by atoms with van der Waals surface area (Å²) in [7, 11) is 1.60. The second-order valence-corrected chi connectivity index (χ2v) is 10.2. The normalized spacial score (nSPS) is 10.6. The number of carboxylic acid groups (broad SMARTS) is 1. The minimum Gasteiger partial charge on any atom is -0.478 e. The fraction of sp³-hybridized carbons (Fsp3) is 0.188. The van der Waals surface area contributed by atoms with Crippen LogP contribution in [-0.4, -0.2) is 32.7 Å². The Morgan fingerprint density at radius 2 is 1.64 bits per heavy atom. The van der Waals surface area contributed by atoms with Crippen LogP contribution in [0.4, 0.5) is 14.5 Å². The van der Waals surface area contributed by atoms with Gasteiger partial charge in [0.15, 0.2) is 0 Å². The smallest absolute Gasteiger partial charge is 0.335 e. The minimum absolute atomic E-state index is 0.00453. The Kier molecular flexibility index (Phi) is 9.94. The van der Waals surface area contributed by atoms with Crippen molar-refractivity contribution >= 4 is 23.5 Å². The van der Waals surface area contributed by atoms with Crippen LogP contribution in [0.25, 0.3) is 11.1 Å². The van der Waals surface area contributed by atoms with Crippen molar-refractivity contribution in [3.63, 3.8) is 0 Å². The highest BCUT2D eigenvalue weighted by Crippen LogP contribution is 2.29. The van der Waals surface area contributed by atoms with Gasteiger partial charge in [0.2, 0.25) is 5.91 Å². The van der Waals surface area contributed by atoms with Gasteiger partial charge in [-0.25, -0.2) is 13.6 Å². The Labute approximate surface area is 242 Å². The highest BCUT2D eigenvalue weighted by atomic mass is 19.3. The van der Waals surface area contributed by atoms with Crippen molar-refractivity contribution < 1.29 is 28.3 Å². The van der Waals surface area contributed by atoms with Crippen molar-refractivity contribution in [3.05, 3.63) is 107 Å². The number of anilines is 1. The van der Waals surface area contributed by atoms with Crippen molar-refractivity contribution in [2.75, 3.05) is 5.32 Å². The molecule has 10 heteroatoms. The van der Waals surface area contributed by atoms with E-state index in [2.05, 4.69) is 22.3 Å². The van der Waals surface area contributed by atoms with E-state index in [-0.39, 0.29) is 27.8 Å². The molecule has 0 spiro atoms. The Hall–Kier alpha value is -5.30. The highest BCUT2D eigenvalue weighted by molar-refractivity contribution is 6.13. The lowest BCUT2D eigenvalue weighted by Crippen LogP contribution is -2.21. The summed E-state index contributed by atoms with van der Waals surface area (Å²) in [4.78, 5) is 36.0. The number of carboxylic acids is 1. The van der Waals surface area contributed by atoms with Crippen LogP contribution in [0.1, 0.15) is 69.5 Å². The second-order valence-electron chi connectivity index (χ2n) is 10.2. The quantitative estimate of drug-likeness (QED) is 0.239. The Balaban J connectivity index is 0.000000458. The van der Waals surface area contributed by atoms with Gasteiger partial charge in [0, 0.05) is 35.5 Å².